The Morgan fingerprint density at radius 3 is 2.79 bits per heavy atom. The van der Waals surface area contributed by atoms with Crippen molar-refractivity contribution in [2.24, 2.45) is 0 Å². The van der Waals surface area contributed by atoms with E-state index in [9.17, 15) is 9.59 Å². The maximum absolute atomic E-state index is 11.8. The zero-order valence-corrected chi connectivity index (χ0v) is 14.1. The fourth-order valence-electron chi connectivity index (χ4n) is 1.87. The fourth-order valence-corrected chi connectivity index (χ4v) is 1.98. The summed E-state index contributed by atoms with van der Waals surface area (Å²) in [6, 6.07) is 8.51. The van der Waals surface area contributed by atoms with Gasteiger partial charge in [0.2, 0.25) is 0 Å². The van der Waals surface area contributed by atoms with E-state index in [0.717, 1.165) is 5.56 Å². The third-order valence-electron chi connectivity index (χ3n) is 3.18. The number of carbonyl (C=O) groups excluding carboxylic acids is 2. The lowest BCUT2D eigenvalue weighted by molar-refractivity contribution is -0.156. The Hall–Kier alpha value is -2.47. The number of amides is 1. The van der Waals surface area contributed by atoms with Crippen LogP contribution in [0.4, 0.5) is 0 Å². The summed E-state index contributed by atoms with van der Waals surface area (Å²) in [5.74, 6) is 0.0671. The van der Waals surface area contributed by atoms with Crippen molar-refractivity contribution in [1.29, 1.82) is 0 Å². The summed E-state index contributed by atoms with van der Waals surface area (Å²) in [5.41, 5.74) is 0.841. The Morgan fingerprint density at radius 1 is 1.33 bits per heavy atom. The van der Waals surface area contributed by atoms with Crippen LogP contribution in [0.3, 0.4) is 0 Å². The third kappa shape index (κ3) is 5.31. The minimum atomic E-state index is -0.928. The maximum atomic E-state index is 11.8. The van der Waals surface area contributed by atoms with Crippen LogP contribution in [0.15, 0.2) is 41.0 Å². The van der Waals surface area contributed by atoms with Crippen LogP contribution in [-0.2, 0) is 20.9 Å². The molecule has 0 spiro atoms. The second-order valence-corrected chi connectivity index (χ2v) is 5.54. The number of rotatable bonds is 7. The van der Waals surface area contributed by atoms with Crippen LogP contribution >= 0.6 is 11.6 Å². The zero-order chi connectivity index (χ0) is 17.5. The van der Waals surface area contributed by atoms with E-state index in [1.54, 1.807) is 30.3 Å². The summed E-state index contributed by atoms with van der Waals surface area (Å²) in [6.45, 7) is 3.26. The van der Waals surface area contributed by atoms with Crippen molar-refractivity contribution in [3.8, 4) is 5.75 Å². The fraction of sp³-hybridized carbons (Fsp3) is 0.294. The average molecular weight is 352 g/mol. The Labute approximate surface area is 144 Å². The molecule has 1 unspecified atom stereocenters. The van der Waals surface area contributed by atoms with Crippen molar-refractivity contribution in [3.63, 3.8) is 0 Å². The van der Waals surface area contributed by atoms with Gasteiger partial charge < -0.3 is 19.2 Å². The minimum Gasteiger partial charge on any atom is -0.482 e. The summed E-state index contributed by atoms with van der Waals surface area (Å²) in [5, 5.41) is 3.23. The van der Waals surface area contributed by atoms with Crippen molar-refractivity contribution in [2.75, 3.05) is 6.61 Å². The van der Waals surface area contributed by atoms with Gasteiger partial charge in [-0.25, -0.2) is 4.79 Å². The average Bonchev–Trinajstić information content (AvgIpc) is 3.07. The second kappa shape index (κ2) is 8.40. The Kier molecular flexibility index (Phi) is 6.26. The van der Waals surface area contributed by atoms with Gasteiger partial charge in [-0.2, -0.15) is 0 Å². The molecule has 128 valence electrons. The SMILES string of the molecule is Cc1cc(OCC(=O)OC(C)C(=O)NCc2ccco2)ccc1Cl. The predicted octanol–water partition coefficient (Wildman–Crippen LogP) is 2.87. The van der Waals surface area contributed by atoms with Crippen molar-refractivity contribution >= 4 is 23.5 Å². The molecule has 0 aliphatic rings. The van der Waals surface area contributed by atoms with E-state index in [2.05, 4.69) is 5.32 Å². The molecule has 2 aromatic rings. The standard InChI is InChI=1S/C17H18ClNO5/c1-11-8-13(5-6-15(11)18)23-10-16(20)24-12(2)17(21)19-9-14-4-3-7-22-14/h3-8,12H,9-10H2,1-2H3,(H,19,21). The highest BCUT2D eigenvalue weighted by Gasteiger charge is 2.18. The smallest absolute Gasteiger partial charge is 0.344 e. The van der Waals surface area contributed by atoms with Gasteiger partial charge in [-0.1, -0.05) is 11.6 Å². The number of esters is 1. The van der Waals surface area contributed by atoms with Gasteiger partial charge in [0.15, 0.2) is 12.7 Å². The molecule has 0 saturated carbocycles. The molecule has 1 amide bonds. The number of furan rings is 1. The molecule has 1 atom stereocenters. The van der Waals surface area contributed by atoms with E-state index in [1.165, 1.54) is 13.2 Å². The molecule has 1 N–H and O–H groups in total. The van der Waals surface area contributed by atoms with Crippen LogP contribution in [0.5, 0.6) is 5.75 Å². The van der Waals surface area contributed by atoms with Crippen LogP contribution in [0, 0.1) is 6.92 Å². The van der Waals surface area contributed by atoms with Crippen LogP contribution in [0.25, 0.3) is 0 Å². The van der Waals surface area contributed by atoms with Gasteiger partial charge in [-0.15, -0.1) is 0 Å². The van der Waals surface area contributed by atoms with Crippen molar-refractivity contribution < 1.29 is 23.5 Å². The Bertz CT molecular complexity index is 699. The molecule has 0 bridgehead atoms. The molecule has 2 rings (SSSR count). The molecule has 1 aromatic carbocycles. The van der Waals surface area contributed by atoms with Gasteiger partial charge in [-0.05, 0) is 49.7 Å². The zero-order valence-electron chi connectivity index (χ0n) is 13.4. The molecule has 24 heavy (non-hydrogen) atoms. The summed E-state index contributed by atoms with van der Waals surface area (Å²) >= 11 is 5.92. The van der Waals surface area contributed by atoms with Crippen LogP contribution in [0.2, 0.25) is 5.02 Å². The number of nitrogens with one attached hydrogen (secondary N) is 1. The molecule has 0 fully saturated rings. The molecule has 0 aliphatic carbocycles. The highest BCUT2D eigenvalue weighted by molar-refractivity contribution is 6.31. The number of halogens is 1. The monoisotopic (exact) mass is 351 g/mol. The first-order valence-corrected chi connectivity index (χ1v) is 7.72. The van der Waals surface area contributed by atoms with Crippen LogP contribution in [0.1, 0.15) is 18.2 Å². The molecule has 0 aliphatic heterocycles. The molecule has 7 heteroatoms. The van der Waals surface area contributed by atoms with E-state index in [0.29, 0.717) is 16.5 Å². The lowest BCUT2D eigenvalue weighted by Gasteiger charge is -2.13. The molecule has 1 heterocycles. The second-order valence-electron chi connectivity index (χ2n) is 5.13. The summed E-state index contributed by atoms with van der Waals surface area (Å²) in [4.78, 5) is 23.6. The normalized spacial score (nSPS) is 11.6. The number of ether oxygens (including phenoxy) is 2. The quantitative estimate of drug-likeness (QED) is 0.776. The predicted molar refractivity (Wildman–Crippen MR) is 87.8 cm³/mol. The van der Waals surface area contributed by atoms with Crippen LogP contribution in [-0.4, -0.2) is 24.6 Å². The van der Waals surface area contributed by atoms with Crippen molar-refractivity contribution in [1.82, 2.24) is 5.32 Å². The number of hydrogen-bond acceptors (Lipinski definition) is 5. The number of benzene rings is 1. The van der Waals surface area contributed by atoms with Gasteiger partial charge in [0.05, 0.1) is 12.8 Å². The van der Waals surface area contributed by atoms with Gasteiger partial charge >= 0.3 is 5.97 Å². The summed E-state index contributed by atoms with van der Waals surface area (Å²) in [7, 11) is 0. The maximum Gasteiger partial charge on any atom is 0.344 e. The van der Waals surface area contributed by atoms with Gasteiger partial charge in [0, 0.05) is 5.02 Å². The van der Waals surface area contributed by atoms with Gasteiger partial charge in [0.25, 0.3) is 5.91 Å². The first-order chi connectivity index (χ1) is 11.5. The third-order valence-corrected chi connectivity index (χ3v) is 3.60. The molecular weight excluding hydrogens is 334 g/mol. The Balaban J connectivity index is 1.74. The highest BCUT2D eigenvalue weighted by atomic mass is 35.5. The van der Waals surface area contributed by atoms with E-state index in [4.69, 9.17) is 25.5 Å². The first-order valence-electron chi connectivity index (χ1n) is 7.34. The largest absolute Gasteiger partial charge is 0.482 e. The van der Waals surface area contributed by atoms with E-state index >= 15 is 0 Å². The molecule has 1 aromatic heterocycles. The topological polar surface area (TPSA) is 77.8 Å². The highest BCUT2D eigenvalue weighted by Crippen LogP contribution is 2.20. The first kappa shape index (κ1) is 17.9. The molecule has 6 nitrogen and oxygen atoms in total. The lowest BCUT2D eigenvalue weighted by Crippen LogP contribution is -2.36. The van der Waals surface area contributed by atoms with E-state index < -0.39 is 18.0 Å². The van der Waals surface area contributed by atoms with E-state index in [-0.39, 0.29) is 13.2 Å². The van der Waals surface area contributed by atoms with E-state index in [1.807, 2.05) is 6.92 Å². The van der Waals surface area contributed by atoms with Crippen molar-refractivity contribution in [2.45, 2.75) is 26.5 Å². The minimum absolute atomic E-state index is 0.230. The van der Waals surface area contributed by atoms with Gasteiger partial charge in [0.1, 0.15) is 11.5 Å². The number of aryl methyl sites for hydroxylation is 1. The number of hydrogen-bond donors (Lipinski definition) is 1. The molecule has 0 saturated heterocycles. The molecular formula is C17H18ClNO5. The van der Waals surface area contributed by atoms with Crippen molar-refractivity contribution in [3.05, 3.63) is 52.9 Å². The summed E-state index contributed by atoms with van der Waals surface area (Å²) < 4.78 is 15.4. The van der Waals surface area contributed by atoms with Crippen LogP contribution < -0.4 is 10.1 Å². The number of carbonyl (C=O) groups is 2. The van der Waals surface area contributed by atoms with Gasteiger partial charge in [-0.3, -0.25) is 4.79 Å². The lowest BCUT2D eigenvalue weighted by atomic mass is 10.2. The summed E-state index contributed by atoms with van der Waals surface area (Å²) in [6.07, 6.45) is 0.587. The molecule has 0 radical (unpaired) electrons. The Morgan fingerprint density at radius 2 is 2.12 bits per heavy atom.